The molecule has 2 heterocycles. The first-order valence-corrected chi connectivity index (χ1v) is 8.68. The van der Waals surface area contributed by atoms with Gasteiger partial charge in [-0.15, -0.1) is 0 Å². The van der Waals surface area contributed by atoms with E-state index in [0.717, 1.165) is 11.5 Å². The van der Waals surface area contributed by atoms with Crippen molar-refractivity contribution in [1.82, 2.24) is 19.5 Å². The number of imidazole rings is 1. The van der Waals surface area contributed by atoms with Gasteiger partial charge in [0.05, 0.1) is 0 Å². The molecule has 1 N–H and O–H groups in total. The van der Waals surface area contributed by atoms with Crippen LogP contribution in [0.1, 0.15) is 32.4 Å². The summed E-state index contributed by atoms with van der Waals surface area (Å²) in [5.41, 5.74) is 0.270. The van der Waals surface area contributed by atoms with Gasteiger partial charge in [-0.1, -0.05) is 20.8 Å². The van der Waals surface area contributed by atoms with E-state index in [4.69, 9.17) is 4.74 Å². The maximum Gasteiger partial charge on any atom is 0.229 e. The number of ether oxygens (including phenoxy) is 1. The fraction of sp³-hybridized carbons (Fsp3) is 0.300. The molecule has 0 aliphatic rings. The van der Waals surface area contributed by atoms with Crippen molar-refractivity contribution >= 4 is 11.6 Å². The molecule has 3 aromatic rings. The Labute approximate surface area is 158 Å². The Morgan fingerprint density at radius 1 is 1.11 bits per heavy atom. The van der Waals surface area contributed by atoms with Crippen LogP contribution >= 0.6 is 0 Å². The number of anilines is 1. The first-order chi connectivity index (χ1) is 12.7. The third-order valence-corrected chi connectivity index (χ3v) is 3.89. The fourth-order valence-corrected chi connectivity index (χ4v) is 2.37. The number of carbonyl (C=O) groups excluding carboxylic acids is 1. The molecular weight excluding hydrogens is 342 g/mol. The van der Waals surface area contributed by atoms with Crippen molar-refractivity contribution in [3.05, 3.63) is 54.4 Å². The van der Waals surface area contributed by atoms with E-state index in [0.29, 0.717) is 23.3 Å². The van der Waals surface area contributed by atoms with Crippen LogP contribution in [0.3, 0.4) is 0 Å². The van der Waals surface area contributed by atoms with Crippen LogP contribution in [0, 0.1) is 19.3 Å². The summed E-state index contributed by atoms with van der Waals surface area (Å²) >= 11 is 0. The van der Waals surface area contributed by atoms with E-state index in [1.54, 1.807) is 36.5 Å². The molecule has 7 heteroatoms. The summed E-state index contributed by atoms with van der Waals surface area (Å²) in [4.78, 5) is 25.0. The largest absolute Gasteiger partial charge is 0.439 e. The number of aromatic nitrogens is 4. The van der Waals surface area contributed by atoms with Crippen molar-refractivity contribution in [2.75, 3.05) is 5.32 Å². The lowest BCUT2D eigenvalue weighted by Gasteiger charge is -2.17. The van der Waals surface area contributed by atoms with Crippen molar-refractivity contribution in [1.29, 1.82) is 0 Å². The molecule has 0 bridgehead atoms. The second kappa shape index (κ2) is 7.19. The van der Waals surface area contributed by atoms with Crippen molar-refractivity contribution < 1.29 is 9.53 Å². The number of hydrogen-bond acceptors (Lipinski definition) is 5. The third kappa shape index (κ3) is 4.49. The van der Waals surface area contributed by atoms with Gasteiger partial charge in [0.1, 0.15) is 23.2 Å². The van der Waals surface area contributed by atoms with Gasteiger partial charge in [0.2, 0.25) is 11.8 Å². The topological polar surface area (TPSA) is 81.9 Å². The molecule has 27 heavy (non-hydrogen) atoms. The van der Waals surface area contributed by atoms with E-state index in [9.17, 15) is 4.79 Å². The summed E-state index contributed by atoms with van der Waals surface area (Å²) in [6.07, 6.45) is 3.56. The molecule has 0 fully saturated rings. The minimum Gasteiger partial charge on any atom is -0.439 e. The lowest BCUT2D eigenvalue weighted by Crippen LogP contribution is -2.27. The Bertz CT molecular complexity index is 955. The van der Waals surface area contributed by atoms with Crippen LogP contribution in [0.25, 0.3) is 5.82 Å². The first kappa shape index (κ1) is 18.6. The van der Waals surface area contributed by atoms with Crippen molar-refractivity contribution in [2.24, 2.45) is 5.41 Å². The minimum absolute atomic E-state index is 0.0389. The third-order valence-electron chi connectivity index (χ3n) is 3.89. The second-order valence-corrected chi connectivity index (χ2v) is 7.29. The Morgan fingerprint density at radius 3 is 2.41 bits per heavy atom. The molecule has 0 aliphatic carbocycles. The number of hydrogen-bond donors (Lipinski definition) is 1. The van der Waals surface area contributed by atoms with E-state index in [1.807, 2.05) is 45.4 Å². The van der Waals surface area contributed by atoms with Gasteiger partial charge in [0.25, 0.3) is 0 Å². The average Bonchev–Trinajstić information content (AvgIpc) is 3.01. The molecule has 0 radical (unpaired) electrons. The predicted octanol–water partition coefficient (Wildman–Crippen LogP) is 4.06. The Hall–Kier alpha value is -3.22. The van der Waals surface area contributed by atoms with Gasteiger partial charge in [-0.25, -0.2) is 9.97 Å². The van der Waals surface area contributed by atoms with E-state index >= 15 is 0 Å². The maximum absolute atomic E-state index is 12.1. The van der Waals surface area contributed by atoms with Crippen LogP contribution < -0.4 is 10.1 Å². The van der Waals surface area contributed by atoms with Crippen LogP contribution in [-0.2, 0) is 4.79 Å². The number of nitrogens with one attached hydrogen (secondary N) is 1. The van der Waals surface area contributed by atoms with E-state index in [2.05, 4.69) is 20.3 Å². The second-order valence-electron chi connectivity index (χ2n) is 7.29. The lowest BCUT2D eigenvalue weighted by atomic mass is 9.95. The lowest BCUT2D eigenvalue weighted by molar-refractivity contribution is -0.123. The summed E-state index contributed by atoms with van der Waals surface area (Å²) in [5, 5.41) is 2.89. The monoisotopic (exact) mass is 365 g/mol. The van der Waals surface area contributed by atoms with E-state index in [-0.39, 0.29) is 5.91 Å². The van der Waals surface area contributed by atoms with Crippen molar-refractivity contribution in [3.63, 3.8) is 0 Å². The molecule has 0 aliphatic heterocycles. The van der Waals surface area contributed by atoms with Gasteiger partial charge in [0.15, 0.2) is 0 Å². The maximum atomic E-state index is 12.1. The zero-order valence-electron chi connectivity index (χ0n) is 16.1. The summed E-state index contributed by atoms with van der Waals surface area (Å²) in [6.45, 7) is 9.33. The molecular formula is C20H23N5O2. The minimum atomic E-state index is -0.449. The summed E-state index contributed by atoms with van der Waals surface area (Å²) < 4.78 is 7.74. The standard InChI is InChI=1S/C20H23N5O2/c1-13-22-17(25-11-10-21-14(25)2)12-18(23-13)27-16-8-6-15(7-9-16)24-19(26)20(3,4)5/h6-12H,1-5H3,(H,24,26). The number of aryl methyl sites for hydroxylation is 2. The molecule has 0 unspecified atom stereocenters. The highest BCUT2D eigenvalue weighted by Gasteiger charge is 2.21. The highest BCUT2D eigenvalue weighted by atomic mass is 16.5. The zero-order valence-corrected chi connectivity index (χ0v) is 16.1. The van der Waals surface area contributed by atoms with Gasteiger partial charge in [0, 0.05) is 29.6 Å². The van der Waals surface area contributed by atoms with Crippen LogP contribution in [0.4, 0.5) is 5.69 Å². The SMILES string of the molecule is Cc1nc(Oc2ccc(NC(=O)C(C)(C)C)cc2)cc(-n2ccnc2C)n1. The average molecular weight is 365 g/mol. The molecule has 3 rings (SSSR count). The fourth-order valence-electron chi connectivity index (χ4n) is 2.37. The van der Waals surface area contributed by atoms with E-state index < -0.39 is 5.41 Å². The van der Waals surface area contributed by atoms with Gasteiger partial charge in [-0.3, -0.25) is 9.36 Å². The summed E-state index contributed by atoms with van der Waals surface area (Å²) in [5.74, 6) is 3.15. The number of benzene rings is 1. The molecule has 0 spiro atoms. The molecule has 2 aromatic heterocycles. The molecule has 140 valence electrons. The quantitative estimate of drug-likeness (QED) is 0.754. The number of rotatable bonds is 4. The van der Waals surface area contributed by atoms with Crippen LogP contribution in [0.15, 0.2) is 42.7 Å². The predicted molar refractivity (Wildman–Crippen MR) is 103 cm³/mol. The van der Waals surface area contributed by atoms with Gasteiger partial charge in [-0.05, 0) is 38.1 Å². The molecule has 0 atom stereocenters. The number of nitrogens with zero attached hydrogens (tertiary/aromatic N) is 4. The van der Waals surface area contributed by atoms with Crippen LogP contribution in [0.5, 0.6) is 11.6 Å². The zero-order chi connectivity index (χ0) is 19.6. The molecule has 0 saturated carbocycles. The highest BCUT2D eigenvalue weighted by molar-refractivity contribution is 5.94. The Kier molecular flexibility index (Phi) is 4.94. The highest BCUT2D eigenvalue weighted by Crippen LogP contribution is 2.24. The molecule has 0 saturated heterocycles. The summed E-state index contributed by atoms with van der Waals surface area (Å²) in [6, 6.07) is 8.94. The van der Waals surface area contributed by atoms with Crippen LogP contribution in [-0.4, -0.2) is 25.4 Å². The van der Waals surface area contributed by atoms with Gasteiger partial charge >= 0.3 is 0 Å². The smallest absolute Gasteiger partial charge is 0.229 e. The number of carbonyl (C=O) groups is 1. The Balaban J connectivity index is 1.77. The van der Waals surface area contributed by atoms with Crippen molar-refractivity contribution in [3.8, 4) is 17.4 Å². The number of amides is 1. The Morgan fingerprint density at radius 2 is 1.81 bits per heavy atom. The van der Waals surface area contributed by atoms with Crippen LogP contribution in [0.2, 0.25) is 0 Å². The van der Waals surface area contributed by atoms with Gasteiger partial charge in [-0.2, -0.15) is 4.98 Å². The first-order valence-electron chi connectivity index (χ1n) is 8.68. The van der Waals surface area contributed by atoms with Crippen molar-refractivity contribution in [2.45, 2.75) is 34.6 Å². The normalized spacial score (nSPS) is 11.3. The van der Waals surface area contributed by atoms with Gasteiger partial charge < -0.3 is 10.1 Å². The summed E-state index contributed by atoms with van der Waals surface area (Å²) in [7, 11) is 0. The molecule has 1 aromatic carbocycles. The molecule has 7 nitrogen and oxygen atoms in total. The molecule has 1 amide bonds. The van der Waals surface area contributed by atoms with E-state index in [1.165, 1.54) is 0 Å².